The van der Waals surface area contributed by atoms with Gasteiger partial charge in [-0.15, -0.1) is 11.3 Å². The number of fused-ring (bicyclic) bond motifs is 1. The maximum atomic E-state index is 13.9. The molecule has 0 fully saturated rings. The van der Waals surface area contributed by atoms with E-state index in [1.54, 1.807) is 28.8 Å². The van der Waals surface area contributed by atoms with Crippen LogP contribution in [0, 0.1) is 11.6 Å². The van der Waals surface area contributed by atoms with Crippen molar-refractivity contribution in [2.75, 3.05) is 0 Å². The molecule has 0 N–H and O–H groups in total. The predicted octanol–water partition coefficient (Wildman–Crippen LogP) is 4.64. The lowest BCUT2D eigenvalue weighted by Gasteiger charge is -1.99. The summed E-state index contributed by atoms with van der Waals surface area (Å²) in [5.74, 6) is 0.0160. The molecule has 0 aliphatic carbocycles. The molecule has 3 nitrogen and oxygen atoms in total. The van der Waals surface area contributed by atoms with Crippen LogP contribution in [-0.2, 0) is 7.05 Å². The summed E-state index contributed by atoms with van der Waals surface area (Å²) in [6.45, 7) is 0. The smallest absolute Gasteiger partial charge is 0.160 e. The highest BCUT2D eigenvalue weighted by Gasteiger charge is 2.15. The average Bonchev–Trinajstić information content (AvgIpc) is 3.13. The lowest BCUT2D eigenvalue weighted by molar-refractivity contribution is 0.629. The Morgan fingerprint density at radius 1 is 1.04 bits per heavy atom. The molecule has 23 heavy (non-hydrogen) atoms. The van der Waals surface area contributed by atoms with Crippen LogP contribution in [-0.4, -0.2) is 14.5 Å². The maximum Gasteiger partial charge on any atom is 0.160 e. The quantitative estimate of drug-likeness (QED) is 0.537. The van der Waals surface area contributed by atoms with Crippen LogP contribution >= 0.6 is 11.3 Å². The molecule has 0 unspecified atom stereocenters. The molecule has 0 aliphatic heterocycles. The Morgan fingerprint density at radius 3 is 2.70 bits per heavy atom. The molecule has 0 spiro atoms. The zero-order valence-electron chi connectivity index (χ0n) is 12.1. The monoisotopic (exact) mass is 327 g/mol. The largest absolute Gasteiger partial charge is 0.326 e. The van der Waals surface area contributed by atoms with E-state index in [0.29, 0.717) is 33.1 Å². The highest BCUT2D eigenvalue weighted by molar-refractivity contribution is 7.13. The minimum atomic E-state index is -0.308. The van der Waals surface area contributed by atoms with E-state index in [1.165, 1.54) is 29.5 Å². The summed E-state index contributed by atoms with van der Waals surface area (Å²) in [4.78, 5) is 8.99. The van der Waals surface area contributed by atoms with Crippen molar-refractivity contribution in [3.05, 3.63) is 59.5 Å². The molecule has 0 amide bonds. The van der Waals surface area contributed by atoms with Gasteiger partial charge in [0.2, 0.25) is 0 Å². The summed E-state index contributed by atoms with van der Waals surface area (Å²) in [6.07, 6.45) is 0. The first-order chi connectivity index (χ1) is 11.1. The van der Waals surface area contributed by atoms with E-state index in [0.717, 1.165) is 0 Å². The summed E-state index contributed by atoms with van der Waals surface area (Å²) in [5.41, 5.74) is 2.51. The summed E-state index contributed by atoms with van der Waals surface area (Å²) < 4.78 is 29.1. The van der Waals surface area contributed by atoms with Crippen LogP contribution in [0.5, 0.6) is 0 Å². The molecular weight excluding hydrogens is 316 g/mol. The highest BCUT2D eigenvalue weighted by atomic mass is 32.1. The Hall–Kier alpha value is -2.60. The molecule has 0 saturated heterocycles. The van der Waals surface area contributed by atoms with Crippen LogP contribution in [0.25, 0.3) is 33.1 Å². The third-order valence-electron chi connectivity index (χ3n) is 3.68. The second-order valence-electron chi connectivity index (χ2n) is 5.15. The number of benzene rings is 2. The molecule has 4 rings (SSSR count). The molecule has 2 heterocycles. The number of thiazole rings is 1. The van der Waals surface area contributed by atoms with Crippen LogP contribution in [0.15, 0.2) is 47.8 Å². The van der Waals surface area contributed by atoms with Crippen molar-refractivity contribution < 1.29 is 8.78 Å². The van der Waals surface area contributed by atoms with Crippen molar-refractivity contribution in [2.24, 2.45) is 7.05 Å². The van der Waals surface area contributed by atoms with Crippen LogP contribution in [0.3, 0.4) is 0 Å². The van der Waals surface area contributed by atoms with Crippen molar-refractivity contribution >= 4 is 22.4 Å². The van der Waals surface area contributed by atoms with Gasteiger partial charge < -0.3 is 4.57 Å². The van der Waals surface area contributed by atoms with Gasteiger partial charge in [0, 0.05) is 18.0 Å². The van der Waals surface area contributed by atoms with Gasteiger partial charge in [0.1, 0.15) is 22.3 Å². The second-order valence-corrected chi connectivity index (χ2v) is 6.00. The Morgan fingerprint density at radius 2 is 1.87 bits per heavy atom. The number of hydrogen-bond donors (Lipinski definition) is 0. The fourth-order valence-electron chi connectivity index (χ4n) is 2.53. The molecule has 0 bridgehead atoms. The van der Waals surface area contributed by atoms with E-state index in [-0.39, 0.29) is 11.6 Å². The zero-order valence-corrected chi connectivity index (χ0v) is 12.9. The molecule has 2 aromatic heterocycles. The van der Waals surface area contributed by atoms with E-state index < -0.39 is 0 Å². The number of rotatable bonds is 2. The zero-order chi connectivity index (χ0) is 16.0. The van der Waals surface area contributed by atoms with Crippen molar-refractivity contribution in [3.8, 4) is 22.1 Å². The third-order valence-corrected chi connectivity index (χ3v) is 4.56. The molecule has 0 saturated carbocycles. The van der Waals surface area contributed by atoms with Crippen molar-refractivity contribution in [1.29, 1.82) is 0 Å². The third kappa shape index (κ3) is 2.31. The number of nitrogens with zero attached hydrogens (tertiary/aromatic N) is 3. The van der Waals surface area contributed by atoms with Gasteiger partial charge in [-0.25, -0.2) is 18.7 Å². The summed E-state index contributed by atoms with van der Waals surface area (Å²) >= 11 is 1.35. The minimum Gasteiger partial charge on any atom is -0.326 e. The fraction of sp³-hybridized carbons (Fsp3) is 0.0588. The standard InChI is InChI=1S/C17H11F2N3S/c1-22-15-8-10(18)6-7-13(15)20-16(22)14-9-23-17(21-14)11-4-2-3-5-12(11)19/h2-9H,1H3. The van der Waals surface area contributed by atoms with Gasteiger partial charge in [-0.05, 0) is 30.3 Å². The molecule has 0 radical (unpaired) electrons. The first kappa shape index (κ1) is 14.0. The Kier molecular flexibility index (Phi) is 3.20. The van der Waals surface area contributed by atoms with Gasteiger partial charge in [-0.1, -0.05) is 12.1 Å². The Labute approximate surface area is 134 Å². The van der Waals surface area contributed by atoms with Gasteiger partial charge in [0.25, 0.3) is 0 Å². The SMILES string of the molecule is Cn1c(-c2csc(-c3ccccc3F)n2)nc2ccc(F)cc21. The van der Waals surface area contributed by atoms with E-state index in [2.05, 4.69) is 9.97 Å². The predicted molar refractivity (Wildman–Crippen MR) is 87.2 cm³/mol. The number of aryl methyl sites for hydroxylation is 1. The van der Waals surface area contributed by atoms with Gasteiger partial charge >= 0.3 is 0 Å². The molecular formula is C17H11F2N3S. The van der Waals surface area contributed by atoms with Crippen LogP contribution in [0.4, 0.5) is 8.78 Å². The topological polar surface area (TPSA) is 30.7 Å². The first-order valence-corrected chi connectivity index (χ1v) is 7.84. The van der Waals surface area contributed by atoms with E-state index >= 15 is 0 Å². The van der Waals surface area contributed by atoms with Crippen molar-refractivity contribution in [2.45, 2.75) is 0 Å². The van der Waals surface area contributed by atoms with Gasteiger partial charge in [0.15, 0.2) is 5.82 Å². The summed E-state index contributed by atoms with van der Waals surface area (Å²) in [7, 11) is 1.81. The van der Waals surface area contributed by atoms with E-state index in [4.69, 9.17) is 0 Å². The van der Waals surface area contributed by atoms with Crippen LogP contribution in [0.1, 0.15) is 0 Å². The number of hydrogen-bond acceptors (Lipinski definition) is 3. The summed E-state index contributed by atoms with van der Waals surface area (Å²) in [6, 6.07) is 11.0. The number of imidazole rings is 1. The normalized spacial score (nSPS) is 11.3. The Balaban J connectivity index is 1.84. The van der Waals surface area contributed by atoms with Crippen molar-refractivity contribution in [1.82, 2.24) is 14.5 Å². The lowest BCUT2D eigenvalue weighted by Crippen LogP contribution is -1.93. The fourth-order valence-corrected chi connectivity index (χ4v) is 3.35. The van der Waals surface area contributed by atoms with Gasteiger partial charge in [-0.3, -0.25) is 0 Å². The van der Waals surface area contributed by atoms with E-state index in [1.807, 2.05) is 12.4 Å². The second kappa shape index (κ2) is 5.24. The molecule has 114 valence electrons. The number of halogens is 2. The Bertz CT molecular complexity index is 1020. The molecule has 0 atom stereocenters. The highest BCUT2D eigenvalue weighted by Crippen LogP contribution is 2.31. The van der Waals surface area contributed by atoms with Gasteiger partial charge in [0.05, 0.1) is 11.0 Å². The lowest BCUT2D eigenvalue weighted by atomic mass is 10.2. The molecule has 6 heteroatoms. The minimum absolute atomic E-state index is 0.305. The average molecular weight is 327 g/mol. The molecule has 4 aromatic rings. The van der Waals surface area contributed by atoms with Gasteiger partial charge in [-0.2, -0.15) is 0 Å². The van der Waals surface area contributed by atoms with E-state index in [9.17, 15) is 8.78 Å². The summed E-state index contributed by atoms with van der Waals surface area (Å²) in [5, 5.41) is 2.43. The maximum absolute atomic E-state index is 13.9. The van der Waals surface area contributed by atoms with Crippen LogP contribution < -0.4 is 0 Å². The first-order valence-electron chi connectivity index (χ1n) is 6.96. The number of aromatic nitrogens is 3. The molecule has 0 aliphatic rings. The molecule has 2 aromatic carbocycles. The van der Waals surface area contributed by atoms with Crippen molar-refractivity contribution in [3.63, 3.8) is 0 Å². The van der Waals surface area contributed by atoms with Crippen LogP contribution in [0.2, 0.25) is 0 Å².